The van der Waals surface area contributed by atoms with E-state index < -0.39 is 16.1 Å². The number of nitriles is 1. The molecular formula is C24H21N3O4S2. The number of aromatic amines is 1. The lowest BCUT2D eigenvalue weighted by Crippen LogP contribution is -2.39. The molecule has 0 spiro atoms. The van der Waals surface area contributed by atoms with Crippen LogP contribution >= 0.6 is 11.3 Å². The minimum absolute atomic E-state index is 0.0526. The number of hydrogen-bond donors (Lipinski definition) is 3. The Morgan fingerprint density at radius 3 is 2.88 bits per heavy atom. The fourth-order valence-corrected chi connectivity index (χ4v) is 6.39. The van der Waals surface area contributed by atoms with Crippen molar-refractivity contribution in [2.45, 2.75) is 23.8 Å². The maximum absolute atomic E-state index is 13.4. The van der Waals surface area contributed by atoms with Crippen LogP contribution in [-0.2, 0) is 22.9 Å². The maximum Gasteiger partial charge on any atom is 0.244 e. The zero-order valence-corrected chi connectivity index (χ0v) is 19.2. The number of ether oxygens (including phenoxy) is 1. The van der Waals surface area contributed by atoms with Gasteiger partial charge in [0.25, 0.3) is 0 Å². The first kappa shape index (κ1) is 21.7. The van der Waals surface area contributed by atoms with E-state index in [0.29, 0.717) is 30.1 Å². The van der Waals surface area contributed by atoms with Crippen LogP contribution in [0.2, 0.25) is 0 Å². The SMILES string of the molecule is N#Cc1ccc(-c2cc3c(c(S(=O)(=O)N[C@@H](CO)Cc4c[nH]c5ccccc45)c2)OCC3)s1. The average Bonchev–Trinajstić information content (AvgIpc) is 3.57. The van der Waals surface area contributed by atoms with E-state index >= 15 is 0 Å². The molecule has 2 aromatic heterocycles. The average molecular weight is 480 g/mol. The number of benzene rings is 2. The number of rotatable bonds is 7. The number of aromatic nitrogens is 1. The monoisotopic (exact) mass is 479 g/mol. The Balaban J connectivity index is 1.48. The number of nitrogens with zero attached hydrogens (tertiary/aromatic N) is 1. The van der Waals surface area contributed by atoms with Gasteiger partial charge in [-0.15, -0.1) is 11.3 Å². The van der Waals surface area contributed by atoms with E-state index in [2.05, 4.69) is 15.8 Å². The van der Waals surface area contributed by atoms with Crippen LogP contribution in [0.4, 0.5) is 0 Å². The number of aliphatic hydroxyl groups is 1. The number of fused-ring (bicyclic) bond motifs is 2. The van der Waals surface area contributed by atoms with Gasteiger partial charge in [-0.05, 0) is 53.4 Å². The smallest absolute Gasteiger partial charge is 0.244 e. The minimum Gasteiger partial charge on any atom is -0.492 e. The normalized spacial score (nSPS) is 14.1. The van der Waals surface area contributed by atoms with E-state index in [-0.39, 0.29) is 11.5 Å². The van der Waals surface area contributed by atoms with E-state index in [0.717, 1.165) is 32.5 Å². The molecule has 33 heavy (non-hydrogen) atoms. The molecule has 3 N–H and O–H groups in total. The summed E-state index contributed by atoms with van der Waals surface area (Å²) < 4.78 is 35.2. The van der Waals surface area contributed by atoms with Gasteiger partial charge >= 0.3 is 0 Å². The highest BCUT2D eigenvalue weighted by molar-refractivity contribution is 7.89. The highest BCUT2D eigenvalue weighted by Gasteiger charge is 2.29. The Kier molecular flexibility index (Phi) is 5.68. The lowest BCUT2D eigenvalue weighted by molar-refractivity contribution is 0.256. The van der Waals surface area contributed by atoms with Crippen LogP contribution in [0, 0.1) is 11.3 Å². The van der Waals surface area contributed by atoms with Crippen LogP contribution in [0.5, 0.6) is 5.75 Å². The molecule has 4 aromatic rings. The predicted octanol–water partition coefficient (Wildman–Crippen LogP) is 3.58. The third-order valence-electron chi connectivity index (χ3n) is 5.72. The van der Waals surface area contributed by atoms with Crippen molar-refractivity contribution in [2.75, 3.05) is 13.2 Å². The second-order valence-electron chi connectivity index (χ2n) is 7.90. The molecule has 0 fully saturated rings. The Morgan fingerprint density at radius 1 is 1.24 bits per heavy atom. The summed E-state index contributed by atoms with van der Waals surface area (Å²) in [6.07, 6.45) is 2.78. The summed E-state index contributed by atoms with van der Waals surface area (Å²) in [6.45, 7) is 0.0614. The molecule has 168 valence electrons. The number of para-hydroxylation sites is 1. The van der Waals surface area contributed by atoms with Crippen LogP contribution < -0.4 is 9.46 Å². The first-order valence-electron chi connectivity index (χ1n) is 10.5. The molecule has 9 heteroatoms. The summed E-state index contributed by atoms with van der Waals surface area (Å²) in [5.41, 5.74) is 3.42. The Hall–Kier alpha value is -3.16. The van der Waals surface area contributed by atoms with Gasteiger partial charge < -0.3 is 14.8 Å². The molecule has 1 aliphatic rings. The first-order valence-corrected chi connectivity index (χ1v) is 12.8. The van der Waals surface area contributed by atoms with Gasteiger partial charge in [0.2, 0.25) is 10.0 Å². The number of thiophene rings is 1. The molecule has 7 nitrogen and oxygen atoms in total. The van der Waals surface area contributed by atoms with Gasteiger partial charge in [-0.25, -0.2) is 13.1 Å². The van der Waals surface area contributed by atoms with Gasteiger partial charge in [0.15, 0.2) is 0 Å². The summed E-state index contributed by atoms with van der Waals surface area (Å²) in [6, 6.07) is 16.2. The molecule has 2 aromatic carbocycles. The van der Waals surface area contributed by atoms with Crippen LogP contribution in [-0.4, -0.2) is 37.8 Å². The van der Waals surface area contributed by atoms with Gasteiger partial charge in [0, 0.05) is 34.4 Å². The molecule has 0 radical (unpaired) electrons. The zero-order valence-electron chi connectivity index (χ0n) is 17.5. The van der Waals surface area contributed by atoms with Crippen molar-refractivity contribution in [3.8, 4) is 22.3 Å². The van der Waals surface area contributed by atoms with E-state index in [9.17, 15) is 13.5 Å². The van der Waals surface area contributed by atoms with Crippen molar-refractivity contribution in [3.63, 3.8) is 0 Å². The number of aliphatic hydroxyl groups excluding tert-OH is 1. The molecule has 0 amide bonds. The Bertz CT molecular complexity index is 1480. The fourth-order valence-electron chi connectivity index (χ4n) is 4.16. The maximum atomic E-state index is 13.4. The summed E-state index contributed by atoms with van der Waals surface area (Å²) in [4.78, 5) is 4.60. The third-order valence-corrected chi connectivity index (χ3v) is 8.29. The van der Waals surface area contributed by atoms with Crippen LogP contribution in [0.15, 0.2) is 59.6 Å². The second-order valence-corrected chi connectivity index (χ2v) is 10.7. The van der Waals surface area contributed by atoms with Gasteiger partial charge in [-0.3, -0.25) is 0 Å². The molecule has 0 aliphatic carbocycles. The lowest BCUT2D eigenvalue weighted by Gasteiger charge is -2.18. The highest BCUT2D eigenvalue weighted by Crippen LogP contribution is 2.39. The van der Waals surface area contributed by atoms with Crippen LogP contribution in [0.1, 0.15) is 16.0 Å². The van der Waals surface area contributed by atoms with E-state index in [1.54, 1.807) is 12.1 Å². The first-order chi connectivity index (χ1) is 16.0. The second kappa shape index (κ2) is 8.65. The fraction of sp³-hybridized carbons (Fsp3) is 0.208. The Morgan fingerprint density at radius 2 is 2.09 bits per heavy atom. The van der Waals surface area contributed by atoms with Gasteiger partial charge in [0.1, 0.15) is 21.6 Å². The van der Waals surface area contributed by atoms with Crippen molar-refractivity contribution in [1.29, 1.82) is 5.26 Å². The zero-order chi connectivity index (χ0) is 23.0. The molecule has 1 aliphatic heterocycles. The number of sulfonamides is 1. The minimum atomic E-state index is -3.99. The van der Waals surface area contributed by atoms with E-state index in [1.807, 2.05) is 42.6 Å². The lowest BCUT2D eigenvalue weighted by atomic mass is 10.1. The highest BCUT2D eigenvalue weighted by atomic mass is 32.2. The topological polar surface area (TPSA) is 115 Å². The summed E-state index contributed by atoms with van der Waals surface area (Å²) in [7, 11) is -3.99. The van der Waals surface area contributed by atoms with Crippen molar-refractivity contribution < 1.29 is 18.3 Å². The van der Waals surface area contributed by atoms with Crippen LogP contribution in [0.25, 0.3) is 21.3 Å². The van der Waals surface area contributed by atoms with E-state index in [1.165, 1.54) is 11.3 Å². The van der Waals surface area contributed by atoms with Gasteiger partial charge in [0.05, 0.1) is 13.2 Å². The van der Waals surface area contributed by atoms with Crippen molar-refractivity contribution in [1.82, 2.24) is 9.71 Å². The van der Waals surface area contributed by atoms with Gasteiger partial charge in [-0.1, -0.05) is 18.2 Å². The quantitative estimate of drug-likeness (QED) is 0.375. The standard InChI is InChI=1S/C24H21N3O4S2/c25-12-19-5-6-22(32-19)16-9-15-7-8-31-24(15)23(11-16)33(29,30)27-18(14-28)10-17-13-26-21-4-2-1-3-20(17)21/h1-6,9,11,13,18,26-28H,7-8,10,14H2/t18-/m1/s1. The Labute approximate surface area is 195 Å². The van der Waals surface area contributed by atoms with Crippen molar-refractivity contribution in [2.24, 2.45) is 0 Å². The van der Waals surface area contributed by atoms with Crippen molar-refractivity contribution >= 4 is 32.3 Å². The predicted molar refractivity (Wildman–Crippen MR) is 127 cm³/mol. The molecule has 0 saturated heterocycles. The molecule has 1 atom stereocenters. The molecule has 3 heterocycles. The number of nitrogens with one attached hydrogen (secondary N) is 2. The number of hydrogen-bond acceptors (Lipinski definition) is 6. The summed E-state index contributed by atoms with van der Waals surface area (Å²) >= 11 is 1.31. The third kappa shape index (κ3) is 4.14. The van der Waals surface area contributed by atoms with E-state index in [4.69, 9.17) is 10.00 Å². The largest absolute Gasteiger partial charge is 0.492 e. The molecule has 0 unspecified atom stereocenters. The molecular weight excluding hydrogens is 458 g/mol. The molecule has 0 saturated carbocycles. The summed E-state index contributed by atoms with van der Waals surface area (Å²) in [5.74, 6) is 0.354. The molecule has 5 rings (SSSR count). The van der Waals surface area contributed by atoms with Crippen molar-refractivity contribution in [3.05, 3.63) is 70.7 Å². The van der Waals surface area contributed by atoms with Crippen LogP contribution in [0.3, 0.4) is 0 Å². The molecule has 0 bridgehead atoms. The summed E-state index contributed by atoms with van der Waals surface area (Å²) in [5, 5.41) is 20.1. The van der Waals surface area contributed by atoms with Gasteiger partial charge in [-0.2, -0.15) is 5.26 Å². The number of H-pyrrole nitrogens is 1.